The van der Waals surface area contributed by atoms with Crippen molar-refractivity contribution < 1.29 is 4.79 Å². The van der Waals surface area contributed by atoms with Crippen molar-refractivity contribution in [2.75, 3.05) is 38.1 Å². The Morgan fingerprint density at radius 1 is 1.00 bits per heavy atom. The van der Waals surface area contributed by atoms with Crippen molar-refractivity contribution >= 4 is 22.6 Å². The molecule has 0 spiro atoms. The van der Waals surface area contributed by atoms with Gasteiger partial charge in [-0.05, 0) is 31.3 Å². The summed E-state index contributed by atoms with van der Waals surface area (Å²) in [6, 6.07) is 7.47. The van der Waals surface area contributed by atoms with Crippen molar-refractivity contribution in [2.24, 2.45) is 7.05 Å². The Morgan fingerprint density at radius 3 is 2.62 bits per heavy atom. The third kappa shape index (κ3) is 4.19. The van der Waals surface area contributed by atoms with Crippen LogP contribution in [0.4, 0.5) is 5.95 Å². The summed E-state index contributed by atoms with van der Waals surface area (Å²) in [6.07, 6.45) is 7.28. The Morgan fingerprint density at radius 2 is 1.84 bits per heavy atom. The Kier molecular flexibility index (Phi) is 5.32. The number of carbonyl (C=O) groups excluding carboxylic acids is 1. The van der Waals surface area contributed by atoms with Gasteiger partial charge in [0.2, 0.25) is 5.95 Å². The van der Waals surface area contributed by atoms with Crippen molar-refractivity contribution in [3.05, 3.63) is 60.4 Å². The van der Waals surface area contributed by atoms with E-state index in [1.807, 2.05) is 31.4 Å². The summed E-state index contributed by atoms with van der Waals surface area (Å²) in [5.74, 6) is 0.524. The summed E-state index contributed by atoms with van der Waals surface area (Å²) in [7, 11) is 3.98. The average Bonchev–Trinajstić information content (AvgIpc) is 3.25. The Balaban J connectivity index is 1.36. The number of hydrogen-bond donors (Lipinski definition) is 0. The van der Waals surface area contributed by atoms with E-state index in [1.54, 1.807) is 29.3 Å². The largest absolute Gasteiger partial charge is 0.338 e. The number of hydrogen-bond acceptors (Lipinski definition) is 8. The maximum Gasteiger partial charge on any atom is 0.226 e. The van der Waals surface area contributed by atoms with Crippen LogP contribution in [0.5, 0.6) is 0 Å². The maximum absolute atomic E-state index is 12.9. The zero-order valence-corrected chi connectivity index (χ0v) is 18.1. The predicted octanol–water partition coefficient (Wildman–Crippen LogP) is 2.00. The molecule has 4 aromatic rings. The normalized spacial score (nSPS) is 14.8. The molecule has 0 saturated carbocycles. The highest BCUT2D eigenvalue weighted by Crippen LogP contribution is 2.21. The molecule has 0 aliphatic carbocycles. The third-order valence-electron chi connectivity index (χ3n) is 5.69. The summed E-state index contributed by atoms with van der Waals surface area (Å²) in [4.78, 5) is 35.4. The van der Waals surface area contributed by atoms with Gasteiger partial charge in [0.25, 0.3) is 0 Å². The number of piperazine rings is 1. The number of aromatic nitrogens is 6. The fourth-order valence-electron chi connectivity index (χ4n) is 3.79. The molecule has 0 aromatic carbocycles. The maximum atomic E-state index is 12.9. The summed E-state index contributed by atoms with van der Waals surface area (Å²) in [5.41, 5.74) is 3.65. The van der Waals surface area contributed by atoms with Crippen LogP contribution in [0.3, 0.4) is 0 Å². The van der Waals surface area contributed by atoms with Crippen LogP contribution in [0.1, 0.15) is 16.2 Å². The average molecular weight is 429 g/mol. The first-order chi connectivity index (χ1) is 15.5. The molecule has 32 heavy (non-hydrogen) atoms. The fraction of sp³-hybridized carbons (Fsp3) is 0.304. The first kappa shape index (κ1) is 20.2. The third-order valence-corrected chi connectivity index (χ3v) is 5.69. The van der Waals surface area contributed by atoms with Crippen molar-refractivity contribution in [3.63, 3.8) is 0 Å². The monoisotopic (exact) mass is 428 g/mol. The topological polar surface area (TPSA) is 92.9 Å². The number of rotatable bonds is 5. The van der Waals surface area contributed by atoms with Gasteiger partial charge in [0.15, 0.2) is 5.78 Å². The summed E-state index contributed by atoms with van der Waals surface area (Å²) in [5, 5.41) is 5.13. The number of likely N-dealkylation sites (N-methyl/N-ethyl adjacent to an activating group) is 1. The van der Waals surface area contributed by atoms with Crippen LogP contribution in [0.25, 0.3) is 22.2 Å². The molecule has 1 aliphatic rings. The van der Waals surface area contributed by atoms with E-state index in [4.69, 9.17) is 4.98 Å². The minimum absolute atomic E-state index is 0.0851. The quantitative estimate of drug-likeness (QED) is 0.446. The second-order valence-electron chi connectivity index (χ2n) is 8.10. The molecule has 0 N–H and O–H groups in total. The van der Waals surface area contributed by atoms with Crippen LogP contribution < -0.4 is 4.90 Å². The summed E-state index contributed by atoms with van der Waals surface area (Å²) in [6.45, 7) is 3.61. The number of nitrogens with zero attached hydrogens (tertiary/aromatic N) is 8. The number of fused-ring (bicyclic) bond motifs is 1. The van der Waals surface area contributed by atoms with Crippen LogP contribution in [0.15, 0.2) is 49.1 Å². The van der Waals surface area contributed by atoms with Crippen LogP contribution in [-0.2, 0) is 13.5 Å². The molecule has 162 valence electrons. The fourth-order valence-corrected chi connectivity index (χ4v) is 3.79. The number of pyridine rings is 2. The van der Waals surface area contributed by atoms with E-state index >= 15 is 0 Å². The predicted molar refractivity (Wildman–Crippen MR) is 122 cm³/mol. The molecule has 0 amide bonds. The van der Waals surface area contributed by atoms with Crippen LogP contribution >= 0.6 is 0 Å². The molecule has 0 radical (unpaired) electrons. The van der Waals surface area contributed by atoms with Gasteiger partial charge >= 0.3 is 0 Å². The van der Waals surface area contributed by atoms with E-state index in [0.29, 0.717) is 17.3 Å². The minimum Gasteiger partial charge on any atom is -0.338 e. The van der Waals surface area contributed by atoms with Gasteiger partial charge < -0.3 is 9.80 Å². The zero-order valence-electron chi connectivity index (χ0n) is 18.1. The van der Waals surface area contributed by atoms with Crippen molar-refractivity contribution in [2.45, 2.75) is 6.42 Å². The van der Waals surface area contributed by atoms with Gasteiger partial charge in [-0.3, -0.25) is 14.5 Å². The van der Waals surface area contributed by atoms with Gasteiger partial charge in [-0.1, -0.05) is 0 Å². The Labute approximate surface area is 185 Å². The molecule has 9 nitrogen and oxygen atoms in total. The lowest BCUT2D eigenvalue weighted by Gasteiger charge is -2.32. The van der Waals surface area contributed by atoms with Gasteiger partial charge in [0.05, 0.1) is 29.5 Å². The Hall–Kier alpha value is -3.72. The van der Waals surface area contributed by atoms with E-state index in [9.17, 15) is 4.79 Å². The van der Waals surface area contributed by atoms with E-state index in [2.05, 4.69) is 36.9 Å². The first-order valence-electron chi connectivity index (χ1n) is 10.6. The second kappa shape index (κ2) is 8.43. The highest BCUT2D eigenvalue weighted by atomic mass is 16.1. The number of carbonyl (C=O) groups is 1. The minimum atomic E-state index is -0.0851. The lowest BCUT2D eigenvalue weighted by Crippen LogP contribution is -2.45. The van der Waals surface area contributed by atoms with Gasteiger partial charge in [-0.15, -0.1) is 0 Å². The molecule has 1 fully saturated rings. The van der Waals surface area contributed by atoms with E-state index in [0.717, 1.165) is 48.3 Å². The van der Waals surface area contributed by atoms with Gasteiger partial charge in [0, 0.05) is 62.8 Å². The van der Waals surface area contributed by atoms with Crippen LogP contribution in [-0.4, -0.2) is 73.6 Å². The lowest BCUT2D eigenvalue weighted by atomic mass is 10.1. The van der Waals surface area contributed by atoms with Gasteiger partial charge in [-0.2, -0.15) is 5.10 Å². The summed E-state index contributed by atoms with van der Waals surface area (Å²) < 4.78 is 1.75. The SMILES string of the molecule is CN1CCN(c2nccc(C(=O)Cc3cc4nc(-c5cnn(C)c5)ccc4cn3)n2)CC1. The zero-order chi connectivity index (χ0) is 22.1. The second-order valence-corrected chi connectivity index (χ2v) is 8.10. The molecule has 1 saturated heterocycles. The van der Waals surface area contributed by atoms with E-state index in [1.165, 1.54) is 0 Å². The first-order valence-corrected chi connectivity index (χ1v) is 10.6. The molecule has 5 heterocycles. The summed E-state index contributed by atoms with van der Waals surface area (Å²) >= 11 is 0. The Bertz CT molecular complexity index is 1280. The van der Waals surface area contributed by atoms with E-state index < -0.39 is 0 Å². The molecular weight excluding hydrogens is 404 g/mol. The van der Waals surface area contributed by atoms with Crippen molar-refractivity contribution in [1.29, 1.82) is 0 Å². The molecular formula is C23H24N8O. The number of aryl methyl sites for hydroxylation is 1. The molecule has 0 unspecified atom stereocenters. The highest BCUT2D eigenvalue weighted by Gasteiger charge is 2.18. The van der Waals surface area contributed by atoms with Crippen molar-refractivity contribution in [1.82, 2.24) is 34.6 Å². The highest BCUT2D eigenvalue weighted by molar-refractivity contribution is 5.96. The van der Waals surface area contributed by atoms with Crippen LogP contribution in [0.2, 0.25) is 0 Å². The molecule has 1 aliphatic heterocycles. The smallest absolute Gasteiger partial charge is 0.226 e. The molecule has 0 bridgehead atoms. The van der Waals surface area contributed by atoms with Gasteiger partial charge in [0.1, 0.15) is 5.69 Å². The molecule has 4 aromatic heterocycles. The molecule has 0 atom stereocenters. The number of anilines is 1. The van der Waals surface area contributed by atoms with Gasteiger partial charge in [-0.25, -0.2) is 15.0 Å². The van der Waals surface area contributed by atoms with Crippen molar-refractivity contribution in [3.8, 4) is 11.3 Å². The lowest BCUT2D eigenvalue weighted by molar-refractivity contribution is 0.0987. The number of Topliss-reactive ketones (excluding diaryl/α,β-unsaturated/α-hetero) is 1. The number of ketones is 1. The van der Waals surface area contributed by atoms with Crippen LogP contribution in [0, 0.1) is 0 Å². The standard InChI is InChI=1S/C23H24N8O/c1-29-7-9-31(10-8-29)23-24-6-5-20(28-23)22(32)12-18-11-21-16(13-25-18)3-4-19(27-21)17-14-26-30(2)15-17/h3-6,11,13-15H,7-10,12H2,1-2H3. The van der Waals surface area contributed by atoms with E-state index in [-0.39, 0.29) is 12.2 Å². The molecule has 5 rings (SSSR count). The molecule has 9 heteroatoms.